The van der Waals surface area contributed by atoms with Crippen LogP contribution in [0, 0.1) is 0 Å². The van der Waals surface area contributed by atoms with E-state index < -0.39 is 0 Å². The van der Waals surface area contributed by atoms with Gasteiger partial charge in [0, 0.05) is 33.8 Å². The number of nitrogens with one attached hydrogen (secondary N) is 1. The third-order valence-corrected chi connectivity index (χ3v) is 3.85. The third-order valence-electron chi connectivity index (χ3n) is 3.85. The van der Waals surface area contributed by atoms with Crippen LogP contribution in [0.5, 0.6) is 0 Å². The van der Waals surface area contributed by atoms with Crippen LogP contribution in [0.4, 0.5) is 0 Å². The van der Waals surface area contributed by atoms with Gasteiger partial charge in [0.25, 0.3) is 0 Å². The molecule has 0 bridgehead atoms. The van der Waals surface area contributed by atoms with Crippen molar-refractivity contribution in [3.8, 4) is 0 Å². The summed E-state index contributed by atoms with van der Waals surface area (Å²) >= 11 is 0. The maximum absolute atomic E-state index is 5.55. The molecule has 0 spiro atoms. The standard InChI is InChI=1S/C20H27N3O/c1-4-24-16-19-13-9-8-12-18(19)14-22-20(21-2)23(3)15-17-10-6-5-7-11-17/h5-13H,4,14-16H2,1-3H3,(H,21,22). The quantitative estimate of drug-likeness (QED) is 0.626. The van der Waals surface area contributed by atoms with Gasteiger partial charge in [0.05, 0.1) is 6.61 Å². The molecule has 0 aliphatic carbocycles. The summed E-state index contributed by atoms with van der Waals surface area (Å²) in [7, 11) is 3.87. The van der Waals surface area contributed by atoms with E-state index in [1.54, 1.807) is 0 Å². The lowest BCUT2D eigenvalue weighted by atomic mass is 10.1. The Kier molecular flexibility index (Phi) is 7.30. The van der Waals surface area contributed by atoms with Crippen LogP contribution in [0.15, 0.2) is 59.6 Å². The first kappa shape index (κ1) is 18.0. The molecule has 0 aliphatic heterocycles. The first-order valence-corrected chi connectivity index (χ1v) is 8.34. The van der Waals surface area contributed by atoms with Gasteiger partial charge in [0.2, 0.25) is 0 Å². The van der Waals surface area contributed by atoms with Crippen molar-refractivity contribution < 1.29 is 4.74 Å². The molecule has 24 heavy (non-hydrogen) atoms. The molecule has 0 heterocycles. The van der Waals surface area contributed by atoms with E-state index in [2.05, 4.69) is 64.7 Å². The van der Waals surface area contributed by atoms with Gasteiger partial charge in [-0.05, 0) is 23.6 Å². The van der Waals surface area contributed by atoms with Crippen molar-refractivity contribution in [2.75, 3.05) is 20.7 Å². The van der Waals surface area contributed by atoms with Crippen LogP contribution in [-0.4, -0.2) is 31.6 Å². The Bertz CT molecular complexity index is 640. The Morgan fingerprint density at radius 2 is 1.71 bits per heavy atom. The van der Waals surface area contributed by atoms with E-state index in [0.29, 0.717) is 6.61 Å². The van der Waals surface area contributed by atoms with Crippen molar-refractivity contribution in [3.05, 3.63) is 71.3 Å². The number of aliphatic imine (C=N–C) groups is 1. The van der Waals surface area contributed by atoms with Crippen LogP contribution in [-0.2, 0) is 24.4 Å². The van der Waals surface area contributed by atoms with Crippen LogP contribution in [0.2, 0.25) is 0 Å². The molecule has 128 valence electrons. The van der Waals surface area contributed by atoms with Crippen molar-refractivity contribution in [1.29, 1.82) is 0 Å². The lowest BCUT2D eigenvalue weighted by molar-refractivity contribution is 0.133. The van der Waals surface area contributed by atoms with Gasteiger partial charge in [-0.3, -0.25) is 4.99 Å². The number of nitrogens with zero attached hydrogens (tertiary/aromatic N) is 2. The maximum Gasteiger partial charge on any atom is 0.193 e. The molecule has 0 saturated heterocycles. The van der Waals surface area contributed by atoms with Gasteiger partial charge in [0.15, 0.2) is 5.96 Å². The van der Waals surface area contributed by atoms with Gasteiger partial charge >= 0.3 is 0 Å². The number of rotatable bonds is 7. The molecule has 0 saturated carbocycles. The highest BCUT2D eigenvalue weighted by molar-refractivity contribution is 5.79. The topological polar surface area (TPSA) is 36.9 Å². The molecule has 0 aliphatic rings. The van der Waals surface area contributed by atoms with E-state index in [9.17, 15) is 0 Å². The Hall–Kier alpha value is -2.33. The van der Waals surface area contributed by atoms with Crippen molar-refractivity contribution in [2.24, 2.45) is 4.99 Å². The highest BCUT2D eigenvalue weighted by Gasteiger charge is 2.08. The molecular formula is C20H27N3O. The molecule has 4 heteroatoms. The van der Waals surface area contributed by atoms with E-state index in [1.165, 1.54) is 16.7 Å². The van der Waals surface area contributed by atoms with Crippen LogP contribution in [0.25, 0.3) is 0 Å². The average molecular weight is 325 g/mol. The normalized spacial score (nSPS) is 11.4. The molecule has 0 unspecified atom stereocenters. The first-order valence-electron chi connectivity index (χ1n) is 8.34. The summed E-state index contributed by atoms with van der Waals surface area (Å²) in [5.74, 6) is 0.880. The van der Waals surface area contributed by atoms with Gasteiger partial charge in [-0.2, -0.15) is 0 Å². The SMILES string of the molecule is CCOCc1ccccc1CNC(=NC)N(C)Cc1ccccc1. The Labute approximate surface area is 145 Å². The average Bonchev–Trinajstić information content (AvgIpc) is 2.62. The summed E-state index contributed by atoms with van der Waals surface area (Å²) < 4.78 is 5.55. The zero-order chi connectivity index (χ0) is 17.2. The summed E-state index contributed by atoms with van der Waals surface area (Å²) in [5, 5.41) is 3.44. The van der Waals surface area contributed by atoms with Gasteiger partial charge in [-0.15, -0.1) is 0 Å². The number of benzene rings is 2. The Morgan fingerprint density at radius 1 is 1.04 bits per heavy atom. The van der Waals surface area contributed by atoms with E-state index in [1.807, 2.05) is 26.1 Å². The molecule has 0 aromatic heterocycles. The van der Waals surface area contributed by atoms with Crippen LogP contribution >= 0.6 is 0 Å². The molecule has 2 rings (SSSR count). The number of hydrogen-bond acceptors (Lipinski definition) is 2. The van der Waals surface area contributed by atoms with Gasteiger partial charge in [-0.25, -0.2) is 0 Å². The van der Waals surface area contributed by atoms with E-state index in [0.717, 1.165) is 25.7 Å². The molecule has 1 N–H and O–H groups in total. The molecule has 0 atom stereocenters. The smallest absolute Gasteiger partial charge is 0.193 e. The minimum Gasteiger partial charge on any atom is -0.377 e. The monoisotopic (exact) mass is 325 g/mol. The fourth-order valence-electron chi connectivity index (χ4n) is 2.57. The minimum absolute atomic E-state index is 0.646. The second-order valence-electron chi connectivity index (χ2n) is 5.65. The fourth-order valence-corrected chi connectivity index (χ4v) is 2.57. The third kappa shape index (κ3) is 5.39. The molecule has 0 fully saturated rings. The highest BCUT2D eigenvalue weighted by atomic mass is 16.5. The number of guanidine groups is 1. The number of ether oxygens (including phenoxy) is 1. The van der Waals surface area contributed by atoms with Gasteiger partial charge < -0.3 is 15.0 Å². The van der Waals surface area contributed by atoms with Crippen molar-refractivity contribution in [2.45, 2.75) is 26.6 Å². The summed E-state index contributed by atoms with van der Waals surface area (Å²) in [6.45, 7) is 4.94. The molecule has 2 aromatic carbocycles. The maximum atomic E-state index is 5.55. The second kappa shape index (κ2) is 9.73. The zero-order valence-electron chi connectivity index (χ0n) is 14.8. The predicted octanol–water partition coefficient (Wildman–Crippen LogP) is 3.43. The Morgan fingerprint density at radius 3 is 2.38 bits per heavy atom. The summed E-state index contributed by atoms with van der Waals surface area (Å²) in [5.41, 5.74) is 3.72. The summed E-state index contributed by atoms with van der Waals surface area (Å²) in [4.78, 5) is 6.52. The first-order chi connectivity index (χ1) is 11.7. The van der Waals surface area contributed by atoms with E-state index >= 15 is 0 Å². The van der Waals surface area contributed by atoms with Crippen molar-refractivity contribution in [1.82, 2.24) is 10.2 Å². The fraction of sp³-hybridized carbons (Fsp3) is 0.350. The highest BCUT2D eigenvalue weighted by Crippen LogP contribution is 2.10. The van der Waals surface area contributed by atoms with Gasteiger partial charge in [-0.1, -0.05) is 54.6 Å². The van der Waals surface area contributed by atoms with Gasteiger partial charge in [0.1, 0.15) is 0 Å². The minimum atomic E-state index is 0.646. The lowest BCUT2D eigenvalue weighted by Gasteiger charge is -2.22. The lowest BCUT2D eigenvalue weighted by Crippen LogP contribution is -2.38. The predicted molar refractivity (Wildman–Crippen MR) is 99.9 cm³/mol. The molecule has 2 aromatic rings. The molecule has 4 nitrogen and oxygen atoms in total. The molecular weight excluding hydrogens is 298 g/mol. The zero-order valence-corrected chi connectivity index (χ0v) is 14.8. The second-order valence-corrected chi connectivity index (χ2v) is 5.65. The largest absolute Gasteiger partial charge is 0.377 e. The van der Waals surface area contributed by atoms with Crippen LogP contribution in [0.3, 0.4) is 0 Å². The summed E-state index contributed by atoms with van der Waals surface area (Å²) in [6.07, 6.45) is 0. The van der Waals surface area contributed by atoms with Crippen molar-refractivity contribution in [3.63, 3.8) is 0 Å². The summed E-state index contributed by atoms with van der Waals surface area (Å²) in [6, 6.07) is 18.8. The Balaban J connectivity index is 1.96. The van der Waals surface area contributed by atoms with Crippen LogP contribution < -0.4 is 5.32 Å². The van der Waals surface area contributed by atoms with Crippen molar-refractivity contribution >= 4 is 5.96 Å². The molecule has 0 radical (unpaired) electrons. The van der Waals surface area contributed by atoms with E-state index in [4.69, 9.17) is 4.74 Å². The molecule has 0 amide bonds. The number of hydrogen-bond donors (Lipinski definition) is 1. The van der Waals surface area contributed by atoms with E-state index in [-0.39, 0.29) is 0 Å². The van der Waals surface area contributed by atoms with Crippen LogP contribution in [0.1, 0.15) is 23.6 Å².